The van der Waals surface area contributed by atoms with Gasteiger partial charge in [0, 0.05) is 24.1 Å². The molecular formula is C16H20FN3O. The minimum Gasteiger partial charge on any atom is -0.310 e. The van der Waals surface area contributed by atoms with E-state index in [9.17, 15) is 9.18 Å². The number of amides is 1. The molecule has 2 heterocycles. The zero-order chi connectivity index (χ0) is 14.4. The van der Waals surface area contributed by atoms with Crippen LogP contribution in [0, 0.1) is 5.82 Å². The van der Waals surface area contributed by atoms with Crippen molar-refractivity contribution < 1.29 is 9.18 Å². The van der Waals surface area contributed by atoms with Gasteiger partial charge in [-0.3, -0.25) is 10.2 Å². The van der Waals surface area contributed by atoms with Crippen LogP contribution in [0.5, 0.6) is 0 Å². The summed E-state index contributed by atoms with van der Waals surface area (Å²) in [5.74, 6) is -0.0853. The molecule has 1 saturated heterocycles. The number of carbonyl (C=O) groups is 1. The van der Waals surface area contributed by atoms with Gasteiger partial charge in [-0.15, -0.1) is 0 Å². The molecule has 2 aliphatic heterocycles. The van der Waals surface area contributed by atoms with Gasteiger partial charge in [0.15, 0.2) is 0 Å². The van der Waals surface area contributed by atoms with Crippen LogP contribution >= 0.6 is 0 Å². The quantitative estimate of drug-likeness (QED) is 0.829. The monoisotopic (exact) mass is 289 g/mol. The molecule has 1 saturated carbocycles. The Morgan fingerprint density at radius 3 is 2.86 bits per heavy atom. The van der Waals surface area contributed by atoms with Crippen molar-refractivity contribution >= 4 is 11.6 Å². The van der Waals surface area contributed by atoms with Crippen molar-refractivity contribution in [2.45, 2.75) is 43.6 Å². The lowest BCUT2D eigenvalue weighted by Crippen LogP contribution is -2.46. The smallest absolute Gasteiger partial charge is 0.245 e. The Morgan fingerprint density at radius 1 is 1.33 bits per heavy atom. The Labute approximate surface area is 123 Å². The van der Waals surface area contributed by atoms with Gasteiger partial charge in [0.2, 0.25) is 5.91 Å². The summed E-state index contributed by atoms with van der Waals surface area (Å²) >= 11 is 0. The van der Waals surface area contributed by atoms with E-state index in [4.69, 9.17) is 0 Å². The summed E-state index contributed by atoms with van der Waals surface area (Å²) in [6.07, 6.45) is 5.01. The molecule has 1 atom stereocenters. The Kier molecular flexibility index (Phi) is 3.01. The van der Waals surface area contributed by atoms with E-state index in [2.05, 4.69) is 10.9 Å². The third kappa shape index (κ3) is 1.91. The number of hydrazine groups is 1. The van der Waals surface area contributed by atoms with Crippen LogP contribution in [0.4, 0.5) is 10.1 Å². The number of benzene rings is 1. The van der Waals surface area contributed by atoms with Crippen LogP contribution in [-0.4, -0.2) is 25.0 Å². The van der Waals surface area contributed by atoms with Gasteiger partial charge in [-0.2, -0.15) is 0 Å². The third-order valence-electron chi connectivity index (χ3n) is 5.23. The number of nitrogens with one attached hydrogen (secondary N) is 2. The number of carbonyl (C=O) groups excluding carboxylic acids is 1. The fourth-order valence-electron chi connectivity index (χ4n) is 4.24. The molecule has 1 unspecified atom stereocenters. The molecule has 21 heavy (non-hydrogen) atoms. The Hall–Kier alpha value is -1.46. The van der Waals surface area contributed by atoms with Crippen LogP contribution in [0.1, 0.15) is 37.7 Å². The molecule has 1 spiro atoms. The van der Waals surface area contributed by atoms with Gasteiger partial charge in [0.25, 0.3) is 0 Å². The molecular weight excluding hydrogens is 269 g/mol. The first-order valence-electron chi connectivity index (χ1n) is 7.80. The van der Waals surface area contributed by atoms with Crippen LogP contribution in [0.3, 0.4) is 0 Å². The maximum absolute atomic E-state index is 14.4. The van der Waals surface area contributed by atoms with Crippen molar-refractivity contribution in [2.24, 2.45) is 0 Å². The molecule has 2 fully saturated rings. The predicted octanol–water partition coefficient (Wildman–Crippen LogP) is 1.85. The second-order valence-corrected chi connectivity index (χ2v) is 6.46. The Bertz CT molecular complexity index is 577. The summed E-state index contributed by atoms with van der Waals surface area (Å²) in [4.78, 5) is 14.6. The normalized spacial score (nSPS) is 26.5. The van der Waals surface area contributed by atoms with E-state index in [1.54, 1.807) is 6.07 Å². The number of hydrogen-bond donors (Lipinski definition) is 2. The number of anilines is 1. The highest BCUT2D eigenvalue weighted by molar-refractivity contribution is 6.00. The van der Waals surface area contributed by atoms with Gasteiger partial charge in [0.1, 0.15) is 11.9 Å². The first-order chi connectivity index (χ1) is 10.2. The predicted molar refractivity (Wildman–Crippen MR) is 78.4 cm³/mol. The van der Waals surface area contributed by atoms with E-state index in [1.807, 2.05) is 11.0 Å². The van der Waals surface area contributed by atoms with E-state index in [0.29, 0.717) is 6.54 Å². The summed E-state index contributed by atoms with van der Waals surface area (Å²) in [6.45, 7) is 1.44. The van der Waals surface area contributed by atoms with Crippen molar-refractivity contribution in [3.05, 3.63) is 29.6 Å². The topological polar surface area (TPSA) is 44.4 Å². The lowest BCUT2D eigenvalue weighted by molar-refractivity contribution is -0.120. The summed E-state index contributed by atoms with van der Waals surface area (Å²) in [5, 5.41) is 0. The SMILES string of the molecule is O=C(C1CCNN1)N1CC2(CCCC2)c2c(F)cccc21. The van der Waals surface area contributed by atoms with Crippen molar-refractivity contribution in [1.82, 2.24) is 10.9 Å². The average Bonchev–Trinajstić information content (AvgIpc) is 3.21. The van der Waals surface area contributed by atoms with E-state index < -0.39 is 0 Å². The first kappa shape index (κ1) is 13.2. The minimum atomic E-state index is -0.197. The van der Waals surface area contributed by atoms with Gasteiger partial charge in [-0.25, -0.2) is 9.82 Å². The molecule has 4 rings (SSSR count). The van der Waals surface area contributed by atoms with E-state index in [-0.39, 0.29) is 23.2 Å². The van der Waals surface area contributed by atoms with Crippen molar-refractivity contribution in [3.8, 4) is 0 Å². The zero-order valence-corrected chi connectivity index (χ0v) is 12.0. The summed E-state index contributed by atoms with van der Waals surface area (Å²) in [7, 11) is 0. The highest BCUT2D eigenvalue weighted by Gasteiger charge is 2.48. The van der Waals surface area contributed by atoms with Crippen molar-refractivity contribution in [2.75, 3.05) is 18.0 Å². The molecule has 1 amide bonds. The number of nitrogens with zero attached hydrogens (tertiary/aromatic N) is 1. The number of hydrogen-bond acceptors (Lipinski definition) is 3. The van der Waals surface area contributed by atoms with Crippen LogP contribution in [0.15, 0.2) is 18.2 Å². The fourth-order valence-corrected chi connectivity index (χ4v) is 4.24. The molecule has 0 bridgehead atoms. The zero-order valence-electron chi connectivity index (χ0n) is 12.0. The second kappa shape index (κ2) is 4.78. The van der Waals surface area contributed by atoms with Gasteiger partial charge in [0.05, 0.1) is 5.69 Å². The van der Waals surface area contributed by atoms with Crippen LogP contribution in [0.25, 0.3) is 0 Å². The molecule has 4 nitrogen and oxygen atoms in total. The van der Waals surface area contributed by atoms with E-state index in [1.165, 1.54) is 6.07 Å². The fraction of sp³-hybridized carbons (Fsp3) is 0.562. The molecule has 1 aromatic carbocycles. The molecule has 112 valence electrons. The van der Waals surface area contributed by atoms with E-state index >= 15 is 0 Å². The third-order valence-corrected chi connectivity index (χ3v) is 5.23. The van der Waals surface area contributed by atoms with Gasteiger partial charge >= 0.3 is 0 Å². The average molecular weight is 289 g/mol. The standard InChI is InChI=1S/C16H20FN3O/c17-11-4-3-5-13-14(11)16(7-1-2-8-16)10-20(13)15(21)12-6-9-18-19-12/h3-5,12,18-19H,1-2,6-10H2. The van der Waals surface area contributed by atoms with Gasteiger partial charge in [-0.1, -0.05) is 18.9 Å². The van der Waals surface area contributed by atoms with Crippen molar-refractivity contribution in [3.63, 3.8) is 0 Å². The highest BCUT2D eigenvalue weighted by atomic mass is 19.1. The highest BCUT2D eigenvalue weighted by Crippen LogP contribution is 2.51. The summed E-state index contributed by atoms with van der Waals surface area (Å²) in [5.41, 5.74) is 7.44. The van der Waals surface area contributed by atoms with Crippen LogP contribution in [0.2, 0.25) is 0 Å². The Balaban J connectivity index is 1.75. The number of fused-ring (bicyclic) bond motifs is 2. The first-order valence-corrected chi connectivity index (χ1v) is 7.80. The lowest BCUT2D eigenvalue weighted by atomic mass is 9.80. The minimum absolute atomic E-state index is 0.0654. The molecule has 5 heteroatoms. The second-order valence-electron chi connectivity index (χ2n) is 6.46. The van der Waals surface area contributed by atoms with Crippen molar-refractivity contribution in [1.29, 1.82) is 0 Å². The Morgan fingerprint density at radius 2 is 2.14 bits per heavy atom. The van der Waals surface area contributed by atoms with Crippen LogP contribution in [-0.2, 0) is 10.2 Å². The number of halogens is 1. The van der Waals surface area contributed by atoms with Crippen LogP contribution < -0.4 is 15.8 Å². The molecule has 0 aromatic heterocycles. The van der Waals surface area contributed by atoms with E-state index in [0.717, 1.165) is 49.9 Å². The molecule has 3 aliphatic rings. The number of rotatable bonds is 1. The maximum atomic E-state index is 14.4. The summed E-state index contributed by atoms with van der Waals surface area (Å²) in [6, 6.07) is 4.94. The molecule has 0 radical (unpaired) electrons. The van der Waals surface area contributed by atoms with Gasteiger partial charge < -0.3 is 4.90 Å². The van der Waals surface area contributed by atoms with Gasteiger partial charge in [-0.05, 0) is 31.4 Å². The molecule has 1 aromatic rings. The molecule has 2 N–H and O–H groups in total. The lowest BCUT2D eigenvalue weighted by Gasteiger charge is -2.26. The largest absolute Gasteiger partial charge is 0.310 e. The maximum Gasteiger partial charge on any atom is 0.245 e. The summed E-state index contributed by atoms with van der Waals surface area (Å²) < 4.78 is 14.4. The molecule has 1 aliphatic carbocycles.